The van der Waals surface area contributed by atoms with Gasteiger partial charge in [0.25, 0.3) is 0 Å². The standard InChI is InChI=1S/C28H33NO5/c1-3-4-5-6-7-8-9-10-18-32-24-16-14-23(15-17-24)27-29-26(28(31)34-27)20-22-12-11-13-25(19-22)33-21(2)30/h11-17,19-20H,3-10,18H2,1-2H3/b26-20-. The third-order valence-electron chi connectivity index (χ3n) is 5.41. The van der Waals surface area contributed by atoms with Crippen LogP contribution >= 0.6 is 0 Å². The van der Waals surface area contributed by atoms with E-state index >= 15 is 0 Å². The summed E-state index contributed by atoms with van der Waals surface area (Å²) in [7, 11) is 0. The van der Waals surface area contributed by atoms with Crippen LogP contribution in [0.3, 0.4) is 0 Å². The minimum atomic E-state index is -0.525. The molecule has 0 fully saturated rings. The molecule has 0 unspecified atom stereocenters. The van der Waals surface area contributed by atoms with Gasteiger partial charge in [-0.3, -0.25) is 4.79 Å². The van der Waals surface area contributed by atoms with Crippen LogP contribution in [0.25, 0.3) is 6.08 Å². The first-order valence-electron chi connectivity index (χ1n) is 12.1. The van der Waals surface area contributed by atoms with Crippen molar-refractivity contribution in [3.63, 3.8) is 0 Å². The molecule has 6 nitrogen and oxygen atoms in total. The number of benzene rings is 2. The quantitative estimate of drug-likeness (QED) is 0.147. The van der Waals surface area contributed by atoms with Gasteiger partial charge in [0.1, 0.15) is 11.5 Å². The highest BCUT2D eigenvalue weighted by Gasteiger charge is 2.24. The Kier molecular flexibility index (Phi) is 9.89. The normalized spacial score (nSPS) is 14.1. The molecule has 0 radical (unpaired) electrons. The highest BCUT2D eigenvalue weighted by atomic mass is 16.6. The smallest absolute Gasteiger partial charge is 0.363 e. The maximum Gasteiger partial charge on any atom is 0.363 e. The molecule has 0 bridgehead atoms. The number of hydrogen-bond donors (Lipinski definition) is 0. The van der Waals surface area contributed by atoms with E-state index in [1.54, 1.807) is 30.3 Å². The predicted molar refractivity (Wildman–Crippen MR) is 133 cm³/mol. The second-order valence-corrected chi connectivity index (χ2v) is 8.35. The first kappa shape index (κ1) is 25.2. The summed E-state index contributed by atoms with van der Waals surface area (Å²) in [6.07, 6.45) is 11.7. The molecular weight excluding hydrogens is 430 g/mol. The summed E-state index contributed by atoms with van der Waals surface area (Å²) >= 11 is 0. The minimum Gasteiger partial charge on any atom is -0.494 e. The van der Waals surface area contributed by atoms with Crippen LogP contribution in [0.4, 0.5) is 0 Å². The minimum absolute atomic E-state index is 0.185. The van der Waals surface area contributed by atoms with Crippen molar-refractivity contribution in [3.05, 3.63) is 65.4 Å². The lowest BCUT2D eigenvalue weighted by atomic mass is 10.1. The number of cyclic esters (lactones) is 1. The molecule has 2 aromatic rings. The molecule has 0 spiro atoms. The number of carbonyl (C=O) groups excluding carboxylic acids is 2. The summed E-state index contributed by atoms with van der Waals surface area (Å²) in [5.74, 6) is 0.509. The number of unbranched alkanes of at least 4 members (excludes halogenated alkanes) is 7. The average molecular weight is 464 g/mol. The van der Waals surface area contributed by atoms with Crippen LogP contribution in [0.1, 0.15) is 76.3 Å². The van der Waals surface area contributed by atoms with Crippen LogP contribution in [0.15, 0.2) is 59.2 Å². The van der Waals surface area contributed by atoms with Gasteiger partial charge in [0, 0.05) is 12.5 Å². The number of rotatable bonds is 13. The van der Waals surface area contributed by atoms with Crippen molar-refractivity contribution in [2.75, 3.05) is 6.61 Å². The number of esters is 2. The van der Waals surface area contributed by atoms with Crippen molar-refractivity contribution in [2.24, 2.45) is 4.99 Å². The van der Waals surface area contributed by atoms with Crippen molar-refractivity contribution < 1.29 is 23.8 Å². The number of hydrogen-bond acceptors (Lipinski definition) is 6. The molecule has 0 aromatic heterocycles. The van der Waals surface area contributed by atoms with Crippen LogP contribution in [-0.2, 0) is 14.3 Å². The van der Waals surface area contributed by atoms with Gasteiger partial charge < -0.3 is 14.2 Å². The Labute approximate surface area is 201 Å². The number of carbonyl (C=O) groups is 2. The highest BCUT2D eigenvalue weighted by molar-refractivity contribution is 6.12. The SMILES string of the molecule is CCCCCCCCCCOc1ccc(C2=N/C(=C\c3cccc(OC(C)=O)c3)C(=O)O2)cc1. The van der Waals surface area contributed by atoms with Crippen LogP contribution in [-0.4, -0.2) is 24.4 Å². The summed E-state index contributed by atoms with van der Waals surface area (Å²) in [6, 6.07) is 14.2. The van der Waals surface area contributed by atoms with Gasteiger partial charge in [0.2, 0.25) is 5.90 Å². The van der Waals surface area contributed by atoms with Gasteiger partial charge in [-0.15, -0.1) is 0 Å². The first-order valence-corrected chi connectivity index (χ1v) is 12.1. The van der Waals surface area contributed by atoms with Crippen LogP contribution in [0.5, 0.6) is 11.5 Å². The van der Waals surface area contributed by atoms with E-state index in [4.69, 9.17) is 14.2 Å². The van der Waals surface area contributed by atoms with E-state index < -0.39 is 11.9 Å². The zero-order chi connectivity index (χ0) is 24.2. The highest BCUT2D eigenvalue weighted by Crippen LogP contribution is 2.23. The molecule has 0 N–H and O–H groups in total. The van der Waals surface area contributed by atoms with E-state index in [9.17, 15) is 9.59 Å². The zero-order valence-electron chi connectivity index (χ0n) is 20.0. The molecule has 34 heavy (non-hydrogen) atoms. The molecule has 6 heteroatoms. The summed E-state index contributed by atoms with van der Waals surface area (Å²) in [4.78, 5) is 27.8. The van der Waals surface area contributed by atoms with Crippen LogP contribution < -0.4 is 9.47 Å². The van der Waals surface area contributed by atoms with Gasteiger partial charge in [-0.25, -0.2) is 9.79 Å². The molecule has 1 aliphatic heterocycles. The maximum atomic E-state index is 12.3. The largest absolute Gasteiger partial charge is 0.494 e. The Morgan fingerprint density at radius 2 is 1.65 bits per heavy atom. The summed E-state index contributed by atoms with van der Waals surface area (Å²) in [5, 5.41) is 0. The van der Waals surface area contributed by atoms with E-state index in [-0.39, 0.29) is 11.6 Å². The number of aliphatic imine (C=N–C) groups is 1. The third-order valence-corrected chi connectivity index (χ3v) is 5.41. The van der Waals surface area contributed by atoms with E-state index in [0.717, 1.165) is 12.2 Å². The lowest BCUT2D eigenvalue weighted by Gasteiger charge is -2.07. The average Bonchev–Trinajstić information content (AvgIpc) is 3.18. The van der Waals surface area contributed by atoms with Gasteiger partial charge in [-0.2, -0.15) is 0 Å². The third kappa shape index (κ3) is 8.18. The Morgan fingerprint density at radius 1 is 0.941 bits per heavy atom. The summed E-state index contributed by atoms with van der Waals surface area (Å²) < 4.78 is 16.3. The summed E-state index contributed by atoms with van der Waals surface area (Å²) in [6.45, 7) is 4.27. The second kappa shape index (κ2) is 13.3. The topological polar surface area (TPSA) is 74.2 Å². The molecule has 0 aliphatic carbocycles. The molecule has 1 aliphatic rings. The van der Waals surface area contributed by atoms with Crippen molar-refractivity contribution in [3.8, 4) is 11.5 Å². The monoisotopic (exact) mass is 463 g/mol. The van der Waals surface area contributed by atoms with Crippen LogP contribution in [0.2, 0.25) is 0 Å². The maximum absolute atomic E-state index is 12.3. The fourth-order valence-corrected chi connectivity index (χ4v) is 3.64. The van der Waals surface area contributed by atoms with Crippen molar-refractivity contribution in [1.29, 1.82) is 0 Å². The summed E-state index contributed by atoms with van der Waals surface area (Å²) in [5.41, 5.74) is 1.57. The fraction of sp³-hybridized carbons (Fsp3) is 0.393. The Balaban J connectivity index is 1.50. The molecule has 180 valence electrons. The number of nitrogens with zero attached hydrogens (tertiary/aromatic N) is 1. The molecule has 2 aromatic carbocycles. The fourth-order valence-electron chi connectivity index (χ4n) is 3.64. The predicted octanol–water partition coefficient (Wildman–Crippen LogP) is 6.48. The van der Waals surface area contributed by atoms with Crippen molar-refractivity contribution >= 4 is 23.9 Å². The second-order valence-electron chi connectivity index (χ2n) is 8.35. The van der Waals surface area contributed by atoms with E-state index in [0.29, 0.717) is 23.5 Å². The van der Waals surface area contributed by atoms with Crippen LogP contribution in [0, 0.1) is 0 Å². The lowest BCUT2D eigenvalue weighted by molar-refractivity contribution is -0.132. The molecule has 0 atom stereocenters. The first-order chi connectivity index (χ1) is 16.5. The van der Waals surface area contributed by atoms with Gasteiger partial charge in [-0.05, 0) is 54.5 Å². The molecule has 0 saturated carbocycles. The van der Waals surface area contributed by atoms with E-state index in [1.807, 2.05) is 24.3 Å². The van der Waals surface area contributed by atoms with Gasteiger partial charge in [0.15, 0.2) is 5.70 Å². The number of ether oxygens (including phenoxy) is 3. The molecule has 3 rings (SSSR count). The van der Waals surface area contributed by atoms with Crippen molar-refractivity contribution in [1.82, 2.24) is 0 Å². The molecule has 0 saturated heterocycles. The Morgan fingerprint density at radius 3 is 2.35 bits per heavy atom. The van der Waals surface area contributed by atoms with E-state index in [1.165, 1.54) is 51.9 Å². The van der Waals surface area contributed by atoms with Gasteiger partial charge in [0.05, 0.1) is 6.61 Å². The molecular formula is C28H33NO5. The van der Waals surface area contributed by atoms with Gasteiger partial charge in [-0.1, -0.05) is 64.0 Å². The Bertz CT molecular complexity index is 1020. The van der Waals surface area contributed by atoms with Crippen molar-refractivity contribution in [2.45, 2.75) is 65.2 Å². The lowest BCUT2D eigenvalue weighted by Crippen LogP contribution is -2.05. The molecule has 1 heterocycles. The van der Waals surface area contributed by atoms with Gasteiger partial charge >= 0.3 is 11.9 Å². The van der Waals surface area contributed by atoms with E-state index in [2.05, 4.69) is 11.9 Å². The molecule has 0 amide bonds. The zero-order valence-corrected chi connectivity index (χ0v) is 20.0. The Hall–Kier alpha value is -3.41.